The minimum Gasteiger partial charge on any atom is -0.505 e. The van der Waals surface area contributed by atoms with Gasteiger partial charge in [0.15, 0.2) is 5.75 Å². The highest BCUT2D eigenvalue weighted by molar-refractivity contribution is 5.98. The summed E-state index contributed by atoms with van der Waals surface area (Å²) in [5.74, 6) is -0.708. The van der Waals surface area contributed by atoms with E-state index in [0.29, 0.717) is 5.71 Å². The van der Waals surface area contributed by atoms with E-state index in [-0.39, 0.29) is 17.0 Å². The van der Waals surface area contributed by atoms with Crippen molar-refractivity contribution in [3.63, 3.8) is 0 Å². The zero-order valence-electron chi connectivity index (χ0n) is 8.61. The second-order valence-corrected chi connectivity index (χ2v) is 3.24. The lowest BCUT2D eigenvalue weighted by Crippen LogP contribution is -2.18. The van der Waals surface area contributed by atoms with Crippen molar-refractivity contribution in [3.05, 3.63) is 23.8 Å². The second kappa shape index (κ2) is 4.45. The van der Waals surface area contributed by atoms with Crippen LogP contribution >= 0.6 is 0 Å². The monoisotopic (exact) mass is 207 g/mol. The lowest BCUT2D eigenvalue weighted by Gasteiger charge is -2.05. The molecule has 0 unspecified atom stereocenters. The van der Waals surface area contributed by atoms with E-state index in [1.165, 1.54) is 12.1 Å². The number of anilines is 1. The van der Waals surface area contributed by atoms with Crippen molar-refractivity contribution in [1.29, 1.82) is 0 Å². The quantitative estimate of drug-likeness (QED) is 0.293. The Morgan fingerprint density at radius 2 is 2.13 bits per heavy atom. The number of phenols is 1. The second-order valence-electron chi connectivity index (χ2n) is 3.24. The fraction of sp³-hybridized carbons (Fsp3) is 0.200. The molecular formula is C10H13N3O2. The molecule has 0 aliphatic heterocycles. The van der Waals surface area contributed by atoms with Crippen molar-refractivity contribution < 1.29 is 9.90 Å². The summed E-state index contributed by atoms with van der Waals surface area (Å²) in [6.45, 7) is 3.50. The fourth-order valence-electron chi connectivity index (χ4n) is 0.967. The van der Waals surface area contributed by atoms with E-state index in [1.54, 1.807) is 19.9 Å². The average Bonchev–Trinajstić information content (AvgIpc) is 2.18. The summed E-state index contributed by atoms with van der Waals surface area (Å²) in [6.07, 6.45) is 0. The molecule has 1 aromatic carbocycles. The first-order valence-electron chi connectivity index (χ1n) is 4.41. The summed E-state index contributed by atoms with van der Waals surface area (Å²) in [7, 11) is 0. The van der Waals surface area contributed by atoms with E-state index >= 15 is 0 Å². The van der Waals surface area contributed by atoms with Crippen LogP contribution in [0.15, 0.2) is 23.3 Å². The van der Waals surface area contributed by atoms with Gasteiger partial charge in [-0.1, -0.05) is 6.07 Å². The van der Waals surface area contributed by atoms with Gasteiger partial charge in [0, 0.05) is 5.71 Å². The van der Waals surface area contributed by atoms with E-state index in [4.69, 9.17) is 5.73 Å². The normalized spacial score (nSPS) is 9.47. The summed E-state index contributed by atoms with van der Waals surface area (Å²) in [5.41, 5.74) is 8.74. The highest BCUT2D eigenvalue weighted by Gasteiger charge is 2.11. The molecule has 5 heteroatoms. The molecule has 0 spiro atoms. The average molecular weight is 207 g/mol. The topological polar surface area (TPSA) is 87.7 Å². The van der Waals surface area contributed by atoms with Gasteiger partial charge in [0.2, 0.25) is 0 Å². The minimum atomic E-state index is -0.485. The highest BCUT2D eigenvalue weighted by Crippen LogP contribution is 2.23. The van der Waals surface area contributed by atoms with Crippen LogP contribution in [0.2, 0.25) is 0 Å². The van der Waals surface area contributed by atoms with Crippen molar-refractivity contribution in [1.82, 2.24) is 5.43 Å². The summed E-state index contributed by atoms with van der Waals surface area (Å²) >= 11 is 0. The van der Waals surface area contributed by atoms with Crippen LogP contribution in [0.3, 0.4) is 0 Å². The van der Waals surface area contributed by atoms with Crippen LogP contribution < -0.4 is 11.2 Å². The number of hydrazone groups is 1. The van der Waals surface area contributed by atoms with E-state index in [1.807, 2.05) is 0 Å². The van der Waals surface area contributed by atoms with Crippen LogP contribution in [0.5, 0.6) is 5.75 Å². The maximum absolute atomic E-state index is 11.5. The Labute approximate surface area is 87.6 Å². The molecule has 15 heavy (non-hydrogen) atoms. The maximum atomic E-state index is 11.5. The van der Waals surface area contributed by atoms with Crippen molar-refractivity contribution in [2.24, 2.45) is 5.10 Å². The highest BCUT2D eigenvalue weighted by atomic mass is 16.3. The van der Waals surface area contributed by atoms with E-state index < -0.39 is 5.91 Å². The van der Waals surface area contributed by atoms with Crippen LogP contribution in [-0.2, 0) is 0 Å². The van der Waals surface area contributed by atoms with Gasteiger partial charge in [-0.05, 0) is 26.0 Å². The molecule has 0 saturated heterocycles. The number of rotatable bonds is 2. The van der Waals surface area contributed by atoms with Crippen molar-refractivity contribution in [2.45, 2.75) is 13.8 Å². The molecule has 0 atom stereocenters. The van der Waals surface area contributed by atoms with Crippen LogP contribution in [0.1, 0.15) is 24.2 Å². The third-order valence-electron chi connectivity index (χ3n) is 1.69. The van der Waals surface area contributed by atoms with Gasteiger partial charge in [0.05, 0.1) is 11.3 Å². The Hall–Kier alpha value is -2.04. The number of amides is 1. The Balaban J connectivity index is 2.92. The van der Waals surface area contributed by atoms with Gasteiger partial charge in [-0.3, -0.25) is 4.79 Å². The molecule has 0 bridgehead atoms. The number of nitrogens with zero attached hydrogens (tertiary/aromatic N) is 1. The Kier molecular flexibility index (Phi) is 3.28. The van der Waals surface area contributed by atoms with E-state index in [9.17, 15) is 9.90 Å². The molecule has 0 fully saturated rings. The van der Waals surface area contributed by atoms with Gasteiger partial charge < -0.3 is 10.8 Å². The SMILES string of the molecule is CC(C)=NNC(=O)c1cccc(N)c1O. The molecule has 1 rings (SSSR count). The Morgan fingerprint density at radius 3 is 2.73 bits per heavy atom. The number of nitrogen functional groups attached to an aromatic ring is 1. The first kappa shape index (κ1) is 11.0. The van der Waals surface area contributed by atoms with Crippen molar-refractivity contribution in [3.8, 4) is 5.75 Å². The van der Waals surface area contributed by atoms with Gasteiger partial charge in [0.1, 0.15) is 0 Å². The third-order valence-corrected chi connectivity index (χ3v) is 1.69. The van der Waals surface area contributed by atoms with Crippen LogP contribution in [0.25, 0.3) is 0 Å². The van der Waals surface area contributed by atoms with Gasteiger partial charge >= 0.3 is 0 Å². The molecular weight excluding hydrogens is 194 g/mol. The molecule has 0 heterocycles. The molecule has 5 nitrogen and oxygen atoms in total. The minimum absolute atomic E-state index is 0.111. The van der Waals surface area contributed by atoms with E-state index in [0.717, 1.165) is 0 Å². The molecule has 4 N–H and O–H groups in total. The summed E-state index contributed by atoms with van der Waals surface area (Å²) < 4.78 is 0. The predicted molar refractivity (Wildman–Crippen MR) is 58.8 cm³/mol. The van der Waals surface area contributed by atoms with Crippen LogP contribution in [0, 0.1) is 0 Å². The number of benzene rings is 1. The number of carbonyl (C=O) groups is 1. The number of hydrogen-bond donors (Lipinski definition) is 3. The molecule has 1 amide bonds. The lowest BCUT2D eigenvalue weighted by molar-refractivity contribution is 0.0952. The summed E-state index contributed by atoms with van der Waals surface area (Å²) in [4.78, 5) is 11.5. The first-order valence-corrected chi connectivity index (χ1v) is 4.41. The number of aromatic hydroxyl groups is 1. The molecule has 80 valence electrons. The zero-order chi connectivity index (χ0) is 11.4. The molecule has 0 aliphatic carbocycles. The van der Waals surface area contributed by atoms with Crippen LogP contribution in [0.4, 0.5) is 5.69 Å². The Morgan fingerprint density at radius 1 is 1.47 bits per heavy atom. The van der Waals surface area contributed by atoms with Crippen molar-refractivity contribution >= 4 is 17.3 Å². The number of carbonyl (C=O) groups excluding carboxylic acids is 1. The number of hydrogen-bond acceptors (Lipinski definition) is 4. The van der Waals surface area contributed by atoms with Gasteiger partial charge in [-0.25, -0.2) is 5.43 Å². The standard InChI is InChI=1S/C10H13N3O2/c1-6(2)12-13-10(15)7-4-3-5-8(11)9(7)14/h3-5,14H,11H2,1-2H3,(H,13,15). The van der Waals surface area contributed by atoms with Crippen molar-refractivity contribution in [2.75, 3.05) is 5.73 Å². The summed E-state index contributed by atoms with van der Waals surface area (Å²) in [6, 6.07) is 4.58. The lowest BCUT2D eigenvalue weighted by atomic mass is 10.1. The number of nitrogens with two attached hydrogens (primary N) is 1. The number of nitrogens with one attached hydrogen (secondary N) is 1. The molecule has 0 saturated carbocycles. The predicted octanol–water partition coefficient (Wildman–Crippen LogP) is 1.10. The zero-order valence-corrected chi connectivity index (χ0v) is 8.61. The third kappa shape index (κ3) is 2.70. The van der Waals surface area contributed by atoms with E-state index in [2.05, 4.69) is 10.5 Å². The van der Waals surface area contributed by atoms with Gasteiger partial charge in [-0.15, -0.1) is 0 Å². The fourth-order valence-corrected chi connectivity index (χ4v) is 0.967. The van der Waals surface area contributed by atoms with Crippen LogP contribution in [-0.4, -0.2) is 16.7 Å². The largest absolute Gasteiger partial charge is 0.505 e. The molecule has 1 aromatic rings. The number of phenolic OH excluding ortho intramolecular Hbond substituents is 1. The molecule has 0 radical (unpaired) electrons. The van der Waals surface area contributed by atoms with Gasteiger partial charge in [-0.2, -0.15) is 5.10 Å². The smallest absolute Gasteiger partial charge is 0.275 e. The number of para-hydroxylation sites is 1. The first-order chi connectivity index (χ1) is 7.02. The summed E-state index contributed by atoms with van der Waals surface area (Å²) in [5, 5.41) is 13.2. The maximum Gasteiger partial charge on any atom is 0.275 e. The Bertz CT molecular complexity index is 409. The molecule has 0 aromatic heterocycles. The van der Waals surface area contributed by atoms with Gasteiger partial charge in [0.25, 0.3) is 5.91 Å². The molecule has 0 aliphatic rings.